The number of rotatable bonds is 5. The molecule has 1 aromatic rings. The Bertz CT molecular complexity index is 397. The highest BCUT2D eigenvalue weighted by Gasteiger charge is 2.14. The zero-order chi connectivity index (χ0) is 12.8. The van der Waals surface area contributed by atoms with E-state index >= 15 is 0 Å². The van der Waals surface area contributed by atoms with Crippen molar-refractivity contribution in [3.63, 3.8) is 0 Å². The number of nitrogens with zero attached hydrogens (tertiary/aromatic N) is 1. The third kappa shape index (κ3) is 3.37. The second kappa shape index (κ2) is 6.26. The molecule has 1 aliphatic heterocycles. The second-order valence-electron chi connectivity index (χ2n) is 4.28. The maximum atomic E-state index is 8.54. The summed E-state index contributed by atoms with van der Waals surface area (Å²) in [5.41, 5.74) is 6.14. The van der Waals surface area contributed by atoms with Crippen molar-refractivity contribution in [2.24, 2.45) is 10.9 Å². The molecule has 5 nitrogen and oxygen atoms in total. The number of hydrogen-bond acceptors (Lipinski definition) is 4. The maximum Gasteiger partial charge on any atom is 0.170 e. The van der Waals surface area contributed by atoms with Crippen LogP contribution in [0.5, 0.6) is 5.75 Å². The largest absolute Gasteiger partial charge is 0.493 e. The SMILES string of the molecule is NC(=NO)c1ccc(OCCC2CCCO2)cc1. The quantitative estimate of drug-likeness (QED) is 0.361. The smallest absolute Gasteiger partial charge is 0.170 e. The standard InChI is InChI=1S/C13H18N2O3/c14-13(15-16)10-3-5-12(6-4-10)18-9-7-11-2-1-8-17-11/h3-6,11,16H,1-2,7-9H2,(H2,14,15). The van der Waals surface area contributed by atoms with Gasteiger partial charge in [0.25, 0.3) is 0 Å². The molecule has 0 aliphatic carbocycles. The maximum absolute atomic E-state index is 8.54. The van der Waals surface area contributed by atoms with Crippen LogP contribution in [0.4, 0.5) is 0 Å². The lowest BCUT2D eigenvalue weighted by molar-refractivity contribution is 0.0903. The number of amidine groups is 1. The van der Waals surface area contributed by atoms with E-state index in [-0.39, 0.29) is 5.84 Å². The van der Waals surface area contributed by atoms with E-state index in [1.54, 1.807) is 12.1 Å². The van der Waals surface area contributed by atoms with Gasteiger partial charge in [0.2, 0.25) is 0 Å². The highest BCUT2D eigenvalue weighted by Crippen LogP contribution is 2.17. The van der Waals surface area contributed by atoms with Crippen LogP contribution in [-0.2, 0) is 4.74 Å². The lowest BCUT2D eigenvalue weighted by Crippen LogP contribution is -2.13. The van der Waals surface area contributed by atoms with Gasteiger partial charge in [0, 0.05) is 18.6 Å². The Kier molecular flexibility index (Phi) is 4.41. The lowest BCUT2D eigenvalue weighted by Gasteiger charge is -2.10. The highest BCUT2D eigenvalue weighted by molar-refractivity contribution is 5.97. The summed E-state index contributed by atoms with van der Waals surface area (Å²) in [5, 5.41) is 11.5. The van der Waals surface area contributed by atoms with E-state index in [1.165, 1.54) is 0 Å². The molecule has 98 valence electrons. The van der Waals surface area contributed by atoms with Crippen LogP contribution in [0.1, 0.15) is 24.8 Å². The Morgan fingerprint density at radius 3 is 2.83 bits per heavy atom. The van der Waals surface area contributed by atoms with E-state index in [4.69, 9.17) is 20.4 Å². The predicted molar refractivity (Wildman–Crippen MR) is 68.0 cm³/mol. The molecule has 1 fully saturated rings. The average molecular weight is 250 g/mol. The molecule has 0 aromatic heterocycles. The van der Waals surface area contributed by atoms with E-state index in [0.29, 0.717) is 18.3 Å². The fourth-order valence-corrected chi connectivity index (χ4v) is 1.96. The Labute approximate surface area is 106 Å². The van der Waals surface area contributed by atoms with Gasteiger partial charge in [-0.1, -0.05) is 5.16 Å². The first-order valence-electron chi connectivity index (χ1n) is 6.12. The molecular formula is C13H18N2O3. The van der Waals surface area contributed by atoms with Crippen molar-refractivity contribution >= 4 is 5.84 Å². The van der Waals surface area contributed by atoms with Crippen LogP contribution in [0.15, 0.2) is 29.4 Å². The summed E-state index contributed by atoms with van der Waals surface area (Å²) in [6.45, 7) is 1.52. The van der Waals surface area contributed by atoms with E-state index in [9.17, 15) is 0 Å². The number of benzene rings is 1. The van der Waals surface area contributed by atoms with Crippen molar-refractivity contribution in [1.82, 2.24) is 0 Å². The molecule has 2 rings (SSSR count). The second-order valence-corrected chi connectivity index (χ2v) is 4.28. The van der Waals surface area contributed by atoms with Crippen LogP contribution < -0.4 is 10.5 Å². The molecule has 1 saturated heterocycles. The summed E-state index contributed by atoms with van der Waals surface area (Å²) >= 11 is 0. The van der Waals surface area contributed by atoms with Gasteiger partial charge in [-0.15, -0.1) is 0 Å². The molecule has 1 unspecified atom stereocenters. The molecule has 1 atom stereocenters. The molecule has 0 radical (unpaired) electrons. The number of oxime groups is 1. The normalized spacial score (nSPS) is 20.0. The van der Waals surface area contributed by atoms with E-state index in [1.807, 2.05) is 12.1 Å². The summed E-state index contributed by atoms with van der Waals surface area (Å²) in [5.74, 6) is 0.878. The number of hydrogen-bond donors (Lipinski definition) is 2. The van der Waals surface area contributed by atoms with Crippen molar-refractivity contribution in [3.8, 4) is 5.75 Å². The molecular weight excluding hydrogens is 232 g/mol. The predicted octanol–water partition coefficient (Wildman–Crippen LogP) is 1.73. The first kappa shape index (κ1) is 12.7. The van der Waals surface area contributed by atoms with Crippen LogP contribution in [0.2, 0.25) is 0 Å². The summed E-state index contributed by atoms with van der Waals surface area (Å²) < 4.78 is 11.1. The molecule has 0 bridgehead atoms. The highest BCUT2D eigenvalue weighted by atomic mass is 16.5. The van der Waals surface area contributed by atoms with Crippen LogP contribution in [-0.4, -0.2) is 30.4 Å². The fraction of sp³-hybridized carbons (Fsp3) is 0.462. The molecule has 0 spiro atoms. The summed E-state index contributed by atoms with van der Waals surface area (Å²) in [7, 11) is 0. The van der Waals surface area contributed by atoms with Crippen LogP contribution in [0.3, 0.4) is 0 Å². The zero-order valence-corrected chi connectivity index (χ0v) is 10.2. The summed E-state index contributed by atoms with van der Waals surface area (Å²) in [6.07, 6.45) is 3.55. The van der Waals surface area contributed by atoms with Gasteiger partial charge >= 0.3 is 0 Å². The monoisotopic (exact) mass is 250 g/mol. The van der Waals surface area contributed by atoms with Gasteiger partial charge < -0.3 is 20.4 Å². The topological polar surface area (TPSA) is 77.1 Å². The lowest BCUT2D eigenvalue weighted by atomic mass is 10.2. The van der Waals surface area contributed by atoms with Crippen molar-refractivity contribution in [1.29, 1.82) is 0 Å². The minimum absolute atomic E-state index is 0.0981. The van der Waals surface area contributed by atoms with Crippen molar-refractivity contribution in [2.45, 2.75) is 25.4 Å². The Hall–Kier alpha value is -1.75. The van der Waals surface area contributed by atoms with Crippen LogP contribution >= 0.6 is 0 Å². The molecule has 5 heteroatoms. The first-order chi connectivity index (χ1) is 8.79. The molecule has 1 aliphatic rings. The van der Waals surface area contributed by atoms with Crippen LogP contribution in [0, 0.1) is 0 Å². The van der Waals surface area contributed by atoms with E-state index in [2.05, 4.69) is 5.16 Å². The molecule has 1 heterocycles. The molecule has 3 N–H and O–H groups in total. The minimum atomic E-state index is 0.0981. The number of nitrogens with two attached hydrogens (primary N) is 1. The third-order valence-electron chi connectivity index (χ3n) is 2.99. The van der Waals surface area contributed by atoms with Gasteiger partial charge in [0.15, 0.2) is 5.84 Å². The Balaban J connectivity index is 1.79. The average Bonchev–Trinajstić information content (AvgIpc) is 2.92. The molecule has 0 amide bonds. The van der Waals surface area contributed by atoms with Gasteiger partial charge in [0.05, 0.1) is 12.7 Å². The summed E-state index contributed by atoms with van der Waals surface area (Å²) in [6, 6.07) is 7.14. The fourth-order valence-electron chi connectivity index (χ4n) is 1.96. The third-order valence-corrected chi connectivity index (χ3v) is 2.99. The van der Waals surface area contributed by atoms with E-state index < -0.39 is 0 Å². The minimum Gasteiger partial charge on any atom is -0.493 e. The van der Waals surface area contributed by atoms with Gasteiger partial charge in [0.1, 0.15) is 5.75 Å². The van der Waals surface area contributed by atoms with Gasteiger partial charge in [-0.2, -0.15) is 0 Å². The van der Waals surface area contributed by atoms with Gasteiger partial charge in [-0.05, 0) is 37.1 Å². The Morgan fingerprint density at radius 2 is 2.22 bits per heavy atom. The molecule has 1 aromatic carbocycles. The molecule has 18 heavy (non-hydrogen) atoms. The van der Waals surface area contributed by atoms with Crippen molar-refractivity contribution < 1.29 is 14.7 Å². The molecule has 0 saturated carbocycles. The zero-order valence-electron chi connectivity index (χ0n) is 10.2. The van der Waals surface area contributed by atoms with Crippen molar-refractivity contribution in [2.75, 3.05) is 13.2 Å². The van der Waals surface area contributed by atoms with E-state index in [0.717, 1.165) is 31.6 Å². The van der Waals surface area contributed by atoms with Crippen molar-refractivity contribution in [3.05, 3.63) is 29.8 Å². The van der Waals surface area contributed by atoms with Gasteiger partial charge in [-0.3, -0.25) is 0 Å². The Morgan fingerprint density at radius 1 is 1.44 bits per heavy atom. The number of ether oxygens (including phenoxy) is 2. The first-order valence-corrected chi connectivity index (χ1v) is 6.12. The van der Waals surface area contributed by atoms with Gasteiger partial charge in [-0.25, -0.2) is 0 Å². The summed E-state index contributed by atoms with van der Waals surface area (Å²) in [4.78, 5) is 0. The van der Waals surface area contributed by atoms with Crippen LogP contribution in [0.25, 0.3) is 0 Å².